The maximum Gasteiger partial charge on any atom is 0.263 e. The molecule has 3 aromatic rings. The molecule has 5 rings (SSSR count). The number of hydrogen-bond acceptors (Lipinski definition) is 9. The molecular weight excluding hydrogens is 438 g/mol. The molecule has 2 atom stereocenters. The minimum absolute atomic E-state index is 0.185. The zero-order chi connectivity index (χ0) is 24.0. The first kappa shape index (κ1) is 21.6. The number of hydrogen-bond donors (Lipinski definition) is 0. The number of anilines is 1. The minimum atomic E-state index is -0.913. The Balaban J connectivity index is 1.39. The van der Waals surface area contributed by atoms with Gasteiger partial charge in [-0.3, -0.25) is 14.6 Å². The second kappa shape index (κ2) is 8.29. The fourth-order valence-corrected chi connectivity index (χ4v) is 4.12. The molecule has 3 heterocycles. The van der Waals surface area contributed by atoms with Crippen molar-refractivity contribution in [2.45, 2.75) is 32.5 Å². The molecule has 0 saturated carbocycles. The Bertz CT molecular complexity index is 1300. The van der Waals surface area contributed by atoms with Gasteiger partial charge in [-0.2, -0.15) is 5.11 Å². The summed E-state index contributed by atoms with van der Waals surface area (Å²) in [5, 5.41) is 9.69. The molecule has 0 bridgehead atoms. The summed E-state index contributed by atoms with van der Waals surface area (Å²) in [6, 6.07) is 11.0. The maximum absolute atomic E-state index is 13.3. The maximum atomic E-state index is 13.3. The molecule has 1 fully saturated rings. The lowest BCUT2D eigenvalue weighted by atomic mass is 10.1. The van der Waals surface area contributed by atoms with Crippen LogP contribution in [0.25, 0.3) is 11.5 Å². The summed E-state index contributed by atoms with van der Waals surface area (Å²) < 4.78 is 16.4. The molecule has 34 heavy (non-hydrogen) atoms. The van der Waals surface area contributed by atoms with E-state index in [0.717, 1.165) is 16.0 Å². The van der Waals surface area contributed by atoms with Crippen LogP contribution in [0.15, 0.2) is 57.2 Å². The van der Waals surface area contributed by atoms with E-state index in [1.165, 1.54) is 19.2 Å². The van der Waals surface area contributed by atoms with Crippen LogP contribution in [-0.4, -0.2) is 48.1 Å². The summed E-state index contributed by atoms with van der Waals surface area (Å²) in [5.41, 5.74) is 3.00. The molecule has 1 saturated heterocycles. The number of amides is 2. The highest BCUT2D eigenvalue weighted by Gasteiger charge is 2.55. The molecule has 174 valence electrons. The number of imide groups is 1. The van der Waals surface area contributed by atoms with Crippen molar-refractivity contribution in [1.82, 2.24) is 9.99 Å². The SMILES string of the molecule is COc1ccc(N2C(=O)[C@@H]3[C@@H](N=NN3Cc3nc(-c4ccc(C)cc4)oc3C)C2=O)cc1OC. The molecule has 2 amide bonds. The molecule has 2 aliphatic heterocycles. The Hall–Kier alpha value is -4.21. The molecule has 0 unspecified atom stereocenters. The number of carbonyl (C=O) groups is 2. The number of carbonyl (C=O) groups excluding carboxylic acids is 2. The molecule has 0 spiro atoms. The first-order valence-electron chi connectivity index (χ1n) is 10.7. The third-order valence-electron chi connectivity index (χ3n) is 5.99. The number of aromatic nitrogens is 1. The fourth-order valence-electron chi connectivity index (χ4n) is 4.12. The summed E-state index contributed by atoms with van der Waals surface area (Å²) in [5.74, 6) is 1.16. The van der Waals surface area contributed by atoms with Gasteiger partial charge >= 0.3 is 0 Å². The van der Waals surface area contributed by atoms with Crippen molar-refractivity contribution in [3.63, 3.8) is 0 Å². The molecule has 0 aliphatic carbocycles. The number of oxazole rings is 1. The summed E-state index contributed by atoms with van der Waals surface area (Å²) >= 11 is 0. The zero-order valence-corrected chi connectivity index (χ0v) is 19.2. The number of methoxy groups -OCH3 is 2. The third-order valence-corrected chi connectivity index (χ3v) is 5.99. The van der Waals surface area contributed by atoms with E-state index in [1.807, 2.05) is 38.1 Å². The first-order chi connectivity index (χ1) is 16.4. The van der Waals surface area contributed by atoms with Gasteiger partial charge in [-0.15, -0.1) is 0 Å². The van der Waals surface area contributed by atoms with Gasteiger partial charge in [-0.05, 0) is 38.1 Å². The van der Waals surface area contributed by atoms with E-state index in [0.29, 0.717) is 34.5 Å². The molecule has 1 aromatic heterocycles. The van der Waals surface area contributed by atoms with Gasteiger partial charge in [0.05, 0.1) is 26.5 Å². The lowest BCUT2D eigenvalue weighted by Gasteiger charge is -2.20. The largest absolute Gasteiger partial charge is 0.493 e. The van der Waals surface area contributed by atoms with Crippen LogP contribution >= 0.6 is 0 Å². The molecular formula is C24H23N5O5. The number of ether oxygens (including phenoxy) is 2. The van der Waals surface area contributed by atoms with Crippen molar-refractivity contribution >= 4 is 17.5 Å². The summed E-state index contributed by atoms with van der Waals surface area (Å²) in [6.07, 6.45) is 0. The van der Waals surface area contributed by atoms with E-state index in [4.69, 9.17) is 13.9 Å². The van der Waals surface area contributed by atoms with Crippen molar-refractivity contribution < 1.29 is 23.5 Å². The number of benzene rings is 2. The van der Waals surface area contributed by atoms with Gasteiger partial charge in [-0.25, -0.2) is 9.88 Å². The van der Waals surface area contributed by atoms with Crippen LogP contribution in [0.1, 0.15) is 17.0 Å². The summed E-state index contributed by atoms with van der Waals surface area (Å²) in [6.45, 7) is 4.00. The Morgan fingerprint density at radius 2 is 1.71 bits per heavy atom. The Morgan fingerprint density at radius 1 is 0.971 bits per heavy atom. The van der Waals surface area contributed by atoms with Crippen LogP contribution in [0, 0.1) is 13.8 Å². The average Bonchev–Trinajstić information content (AvgIpc) is 3.49. The summed E-state index contributed by atoms with van der Waals surface area (Å²) in [4.78, 5) is 32.1. The van der Waals surface area contributed by atoms with Gasteiger partial charge in [0.2, 0.25) is 5.89 Å². The first-order valence-corrected chi connectivity index (χ1v) is 10.7. The van der Waals surface area contributed by atoms with Crippen molar-refractivity contribution in [2.24, 2.45) is 10.3 Å². The van der Waals surface area contributed by atoms with Crippen molar-refractivity contribution in [1.29, 1.82) is 0 Å². The molecule has 2 aromatic carbocycles. The van der Waals surface area contributed by atoms with Crippen molar-refractivity contribution in [3.8, 4) is 23.0 Å². The Kier molecular flexibility index (Phi) is 5.27. The number of aryl methyl sites for hydroxylation is 2. The van der Waals surface area contributed by atoms with E-state index in [2.05, 4.69) is 15.3 Å². The van der Waals surface area contributed by atoms with Gasteiger partial charge in [0.1, 0.15) is 11.5 Å². The van der Waals surface area contributed by atoms with Crippen LogP contribution in [0.5, 0.6) is 11.5 Å². The van der Waals surface area contributed by atoms with Crippen molar-refractivity contribution in [3.05, 3.63) is 59.5 Å². The van der Waals surface area contributed by atoms with Crippen LogP contribution in [0.2, 0.25) is 0 Å². The number of fused-ring (bicyclic) bond motifs is 1. The highest BCUT2D eigenvalue weighted by Crippen LogP contribution is 2.37. The average molecular weight is 461 g/mol. The third kappa shape index (κ3) is 3.47. The van der Waals surface area contributed by atoms with Crippen molar-refractivity contribution in [2.75, 3.05) is 19.1 Å². The van der Waals surface area contributed by atoms with Crippen LogP contribution in [-0.2, 0) is 16.1 Å². The molecule has 10 nitrogen and oxygen atoms in total. The van der Waals surface area contributed by atoms with Crippen LogP contribution in [0.3, 0.4) is 0 Å². The Labute approximate surface area is 195 Å². The molecule has 2 aliphatic rings. The topological polar surface area (TPSA) is 110 Å². The minimum Gasteiger partial charge on any atom is -0.493 e. The fraction of sp³-hybridized carbons (Fsp3) is 0.292. The van der Waals surface area contributed by atoms with Gasteiger partial charge in [-0.1, -0.05) is 22.9 Å². The lowest BCUT2D eigenvalue weighted by molar-refractivity contribution is -0.123. The highest BCUT2D eigenvalue weighted by atomic mass is 16.5. The van der Waals surface area contributed by atoms with Gasteiger partial charge in [0.25, 0.3) is 11.8 Å². The smallest absolute Gasteiger partial charge is 0.263 e. The Morgan fingerprint density at radius 3 is 2.41 bits per heavy atom. The predicted octanol–water partition coefficient (Wildman–Crippen LogP) is 3.47. The van der Waals surface area contributed by atoms with Gasteiger partial charge < -0.3 is 13.9 Å². The standard InChI is InChI=1S/C24H23N5O5/c1-13-5-7-15(8-6-13)22-25-17(14(2)34-22)12-28-21-20(26-27-28)23(30)29(24(21)31)16-9-10-18(32-3)19(11-16)33-4/h5-11,20-21H,12H2,1-4H3/t20-,21+/m1/s1. The van der Waals surface area contributed by atoms with E-state index in [1.54, 1.807) is 18.2 Å². The lowest BCUT2D eigenvalue weighted by Crippen LogP contribution is -2.39. The normalized spacial score (nSPS) is 19.2. The zero-order valence-electron chi connectivity index (χ0n) is 19.2. The van der Waals surface area contributed by atoms with Crippen LogP contribution in [0.4, 0.5) is 5.69 Å². The second-order valence-corrected chi connectivity index (χ2v) is 8.13. The van der Waals surface area contributed by atoms with E-state index < -0.39 is 23.9 Å². The van der Waals surface area contributed by atoms with Gasteiger partial charge in [0, 0.05) is 11.6 Å². The molecule has 0 radical (unpaired) electrons. The molecule has 0 N–H and O–H groups in total. The molecule has 10 heteroatoms. The van der Waals surface area contributed by atoms with E-state index in [9.17, 15) is 9.59 Å². The highest BCUT2D eigenvalue weighted by molar-refractivity contribution is 6.25. The summed E-state index contributed by atoms with van der Waals surface area (Å²) in [7, 11) is 3.01. The van der Waals surface area contributed by atoms with E-state index in [-0.39, 0.29) is 6.54 Å². The number of nitrogens with zero attached hydrogens (tertiary/aromatic N) is 5. The quantitative estimate of drug-likeness (QED) is 0.517. The second-order valence-electron chi connectivity index (χ2n) is 8.13. The predicted molar refractivity (Wildman–Crippen MR) is 121 cm³/mol. The number of rotatable bonds is 6. The van der Waals surface area contributed by atoms with Crippen LogP contribution < -0.4 is 14.4 Å². The van der Waals surface area contributed by atoms with Gasteiger partial charge in [0.15, 0.2) is 23.6 Å². The van der Waals surface area contributed by atoms with E-state index >= 15 is 0 Å². The monoisotopic (exact) mass is 461 g/mol.